The standard InChI is InChI=1S/C11H10FNO3/c12-8-4-2-1-3-6(8)11(10(15)16)5-7(11)9(13)14/h1-4,7H,5H2,(H2,13,14)(H,15,16). The van der Waals surface area contributed by atoms with E-state index in [-0.39, 0.29) is 12.0 Å². The molecule has 5 heteroatoms. The van der Waals surface area contributed by atoms with Gasteiger partial charge in [0.25, 0.3) is 0 Å². The van der Waals surface area contributed by atoms with Crippen LogP contribution in [0.25, 0.3) is 0 Å². The molecule has 2 unspecified atom stereocenters. The average Bonchev–Trinajstić information content (AvgIpc) is 2.94. The van der Waals surface area contributed by atoms with E-state index in [0.29, 0.717) is 0 Å². The first-order valence-corrected chi connectivity index (χ1v) is 4.78. The average molecular weight is 223 g/mol. The Morgan fingerprint density at radius 3 is 2.50 bits per heavy atom. The summed E-state index contributed by atoms with van der Waals surface area (Å²) in [5, 5.41) is 9.13. The molecule has 1 saturated carbocycles. The largest absolute Gasteiger partial charge is 0.481 e. The SMILES string of the molecule is NC(=O)C1CC1(C(=O)O)c1ccccc1F. The normalized spacial score (nSPS) is 27.4. The molecule has 0 bridgehead atoms. The fraction of sp³-hybridized carbons (Fsp3) is 0.273. The van der Waals surface area contributed by atoms with Crippen molar-refractivity contribution in [2.45, 2.75) is 11.8 Å². The van der Waals surface area contributed by atoms with Gasteiger partial charge in [-0.3, -0.25) is 9.59 Å². The summed E-state index contributed by atoms with van der Waals surface area (Å²) < 4.78 is 13.5. The molecule has 16 heavy (non-hydrogen) atoms. The third-order valence-electron chi connectivity index (χ3n) is 3.04. The molecule has 4 nitrogen and oxygen atoms in total. The zero-order valence-electron chi connectivity index (χ0n) is 8.31. The highest BCUT2D eigenvalue weighted by Crippen LogP contribution is 2.54. The number of carbonyl (C=O) groups is 2. The third kappa shape index (κ3) is 1.28. The van der Waals surface area contributed by atoms with Gasteiger partial charge in [0.2, 0.25) is 5.91 Å². The lowest BCUT2D eigenvalue weighted by Gasteiger charge is -2.12. The van der Waals surface area contributed by atoms with Crippen LogP contribution < -0.4 is 5.73 Å². The molecule has 1 fully saturated rings. The Hall–Kier alpha value is -1.91. The predicted octanol–water partition coefficient (Wildman–Crippen LogP) is 0.653. The van der Waals surface area contributed by atoms with Crippen molar-refractivity contribution in [3.63, 3.8) is 0 Å². The fourth-order valence-electron chi connectivity index (χ4n) is 2.08. The highest BCUT2D eigenvalue weighted by molar-refractivity contribution is 5.96. The van der Waals surface area contributed by atoms with Crippen molar-refractivity contribution in [3.8, 4) is 0 Å². The molecule has 1 amide bonds. The monoisotopic (exact) mass is 223 g/mol. The molecule has 0 heterocycles. The van der Waals surface area contributed by atoms with Gasteiger partial charge in [0, 0.05) is 5.56 Å². The zero-order valence-corrected chi connectivity index (χ0v) is 8.31. The lowest BCUT2D eigenvalue weighted by molar-refractivity contribution is -0.141. The molecule has 0 radical (unpaired) electrons. The molecule has 0 aliphatic heterocycles. The molecule has 84 valence electrons. The van der Waals surface area contributed by atoms with Crippen molar-refractivity contribution in [2.75, 3.05) is 0 Å². The van der Waals surface area contributed by atoms with Crippen LogP contribution in [0.4, 0.5) is 4.39 Å². The van der Waals surface area contributed by atoms with E-state index in [2.05, 4.69) is 0 Å². The van der Waals surface area contributed by atoms with Crippen LogP contribution in [0.2, 0.25) is 0 Å². The van der Waals surface area contributed by atoms with Gasteiger partial charge >= 0.3 is 5.97 Å². The van der Waals surface area contributed by atoms with E-state index in [1.165, 1.54) is 18.2 Å². The first kappa shape index (κ1) is 10.6. The number of nitrogens with two attached hydrogens (primary N) is 1. The maximum absolute atomic E-state index is 13.5. The fourth-order valence-corrected chi connectivity index (χ4v) is 2.08. The summed E-state index contributed by atoms with van der Waals surface area (Å²) in [6, 6.07) is 5.57. The minimum Gasteiger partial charge on any atom is -0.481 e. The topological polar surface area (TPSA) is 80.4 Å². The molecule has 3 N–H and O–H groups in total. The number of primary amides is 1. The lowest BCUT2D eigenvalue weighted by Crippen LogP contribution is -2.29. The molecule has 1 aliphatic carbocycles. The quantitative estimate of drug-likeness (QED) is 0.789. The number of amides is 1. The maximum atomic E-state index is 13.5. The van der Waals surface area contributed by atoms with E-state index in [4.69, 9.17) is 10.8 Å². The minimum atomic E-state index is -1.46. The summed E-state index contributed by atoms with van der Waals surface area (Å²) in [5.41, 5.74) is 3.65. The van der Waals surface area contributed by atoms with Crippen molar-refractivity contribution in [1.29, 1.82) is 0 Å². The van der Waals surface area contributed by atoms with Gasteiger partial charge in [-0.25, -0.2) is 4.39 Å². The van der Waals surface area contributed by atoms with Gasteiger partial charge in [0.1, 0.15) is 11.2 Å². The molecule has 1 aromatic rings. The molecule has 2 atom stereocenters. The van der Waals surface area contributed by atoms with Crippen LogP contribution in [0.5, 0.6) is 0 Å². The number of hydrogen-bond donors (Lipinski definition) is 2. The van der Waals surface area contributed by atoms with Crippen molar-refractivity contribution in [1.82, 2.24) is 0 Å². The van der Waals surface area contributed by atoms with Crippen LogP contribution in [0.15, 0.2) is 24.3 Å². The summed E-state index contributed by atoms with van der Waals surface area (Å²) in [6.07, 6.45) is 0.0681. The van der Waals surface area contributed by atoms with E-state index < -0.39 is 29.0 Å². The Bertz CT molecular complexity index is 474. The van der Waals surface area contributed by atoms with Gasteiger partial charge in [-0.15, -0.1) is 0 Å². The Morgan fingerprint density at radius 2 is 2.06 bits per heavy atom. The molecule has 1 aromatic carbocycles. The number of carboxylic acid groups (broad SMARTS) is 1. The Balaban J connectivity index is 2.49. The van der Waals surface area contributed by atoms with Crippen LogP contribution in [0.1, 0.15) is 12.0 Å². The van der Waals surface area contributed by atoms with Gasteiger partial charge in [-0.05, 0) is 12.5 Å². The van der Waals surface area contributed by atoms with E-state index >= 15 is 0 Å². The van der Waals surface area contributed by atoms with Crippen LogP contribution in [0, 0.1) is 11.7 Å². The van der Waals surface area contributed by atoms with Crippen molar-refractivity contribution in [3.05, 3.63) is 35.6 Å². The highest BCUT2D eigenvalue weighted by atomic mass is 19.1. The third-order valence-corrected chi connectivity index (χ3v) is 3.04. The van der Waals surface area contributed by atoms with Gasteiger partial charge < -0.3 is 10.8 Å². The van der Waals surface area contributed by atoms with Crippen LogP contribution >= 0.6 is 0 Å². The second kappa shape index (κ2) is 3.30. The summed E-state index contributed by atoms with van der Waals surface area (Å²) in [6.45, 7) is 0. The van der Waals surface area contributed by atoms with Gasteiger partial charge in [0.15, 0.2) is 0 Å². The number of hydrogen-bond acceptors (Lipinski definition) is 2. The van der Waals surface area contributed by atoms with Crippen molar-refractivity contribution < 1.29 is 19.1 Å². The Kier molecular flexibility index (Phi) is 2.18. The second-order valence-corrected chi connectivity index (χ2v) is 3.92. The van der Waals surface area contributed by atoms with E-state index in [1.807, 2.05) is 0 Å². The van der Waals surface area contributed by atoms with E-state index in [0.717, 1.165) is 0 Å². The zero-order chi connectivity index (χ0) is 11.9. The summed E-state index contributed by atoms with van der Waals surface area (Å²) in [7, 11) is 0. The molecule has 0 saturated heterocycles. The molecule has 0 spiro atoms. The second-order valence-electron chi connectivity index (χ2n) is 3.92. The molecular weight excluding hydrogens is 213 g/mol. The molecule has 0 aromatic heterocycles. The van der Waals surface area contributed by atoms with Gasteiger partial charge in [-0.1, -0.05) is 18.2 Å². The highest BCUT2D eigenvalue weighted by Gasteiger charge is 2.65. The van der Waals surface area contributed by atoms with Crippen molar-refractivity contribution >= 4 is 11.9 Å². The minimum absolute atomic E-state index is 0.0336. The summed E-state index contributed by atoms with van der Waals surface area (Å²) in [4.78, 5) is 22.2. The number of carboxylic acids is 1. The Labute approximate surface area is 90.9 Å². The Morgan fingerprint density at radius 1 is 1.44 bits per heavy atom. The van der Waals surface area contributed by atoms with Gasteiger partial charge in [-0.2, -0.15) is 0 Å². The molecular formula is C11H10FNO3. The van der Waals surface area contributed by atoms with Crippen LogP contribution in [-0.4, -0.2) is 17.0 Å². The summed E-state index contributed by atoms with van der Waals surface area (Å²) in [5.74, 6) is -3.34. The number of carbonyl (C=O) groups excluding carboxylic acids is 1. The van der Waals surface area contributed by atoms with Crippen LogP contribution in [-0.2, 0) is 15.0 Å². The first-order chi connectivity index (χ1) is 7.50. The van der Waals surface area contributed by atoms with E-state index in [1.54, 1.807) is 6.07 Å². The molecule has 1 aliphatic rings. The smallest absolute Gasteiger partial charge is 0.315 e. The number of halogens is 1. The van der Waals surface area contributed by atoms with Crippen LogP contribution in [0.3, 0.4) is 0 Å². The lowest BCUT2D eigenvalue weighted by atomic mass is 9.92. The summed E-state index contributed by atoms with van der Waals surface area (Å²) >= 11 is 0. The van der Waals surface area contributed by atoms with E-state index in [9.17, 15) is 14.0 Å². The predicted molar refractivity (Wildman–Crippen MR) is 53.0 cm³/mol. The number of aliphatic carboxylic acids is 1. The number of rotatable bonds is 3. The molecule has 2 rings (SSSR count). The van der Waals surface area contributed by atoms with Crippen molar-refractivity contribution in [2.24, 2.45) is 11.7 Å². The first-order valence-electron chi connectivity index (χ1n) is 4.78. The maximum Gasteiger partial charge on any atom is 0.315 e. The number of benzene rings is 1. The van der Waals surface area contributed by atoms with Gasteiger partial charge in [0.05, 0.1) is 5.92 Å².